The molecule has 1 heterocycles. The van der Waals surface area contributed by atoms with Gasteiger partial charge in [-0.3, -0.25) is 0 Å². The second-order valence-electron chi connectivity index (χ2n) is 3.54. The molecule has 0 fully saturated rings. The van der Waals surface area contributed by atoms with Gasteiger partial charge < -0.3 is 15.4 Å². The molecule has 2 N–H and O–H groups in total. The first-order valence-corrected chi connectivity index (χ1v) is 5.59. The monoisotopic (exact) mass is 234 g/mol. The van der Waals surface area contributed by atoms with Crippen molar-refractivity contribution in [1.82, 2.24) is 10.6 Å². The maximum absolute atomic E-state index is 5.55. The standard InChI is InChI=1S/C12H14N2OS/c1-2-7-13-12(16)14-10-8-15-11-6-4-3-5-9(10)11/h2-6,10H,1,7-8H2,(H2,13,14,16)/t10-/m0/s1. The summed E-state index contributed by atoms with van der Waals surface area (Å²) in [5.74, 6) is 0.937. The van der Waals surface area contributed by atoms with Crippen LogP contribution in [0.1, 0.15) is 11.6 Å². The first kappa shape index (κ1) is 11.0. The number of hydrogen-bond donors (Lipinski definition) is 2. The van der Waals surface area contributed by atoms with Gasteiger partial charge in [-0.15, -0.1) is 6.58 Å². The van der Waals surface area contributed by atoms with Crippen molar-refractivity contribution in [3.63, 3.8) is 0 Å². The third kappa shape index (κ3) is 2.33. The average molecular weight is 234 g/mol. The molecular weight excluding hydrogens is 220 g/mol. The number of nitrogens with one attached hydrogen (secondary N) is 2. The second-order valence-corrected chi connectivity index (χ2v) is 3.95. The molecule has 1 aliphatic heterocycles. The average Bonchev–Trinajstić information content (AvgIpc) is 2.70. The lowest BCUT2D eigenvalue weighted by Crippen LogP contribution is -2.38. The smallest absolute Gasteiger partial charge is 0.167 e. The van der Waals surface area contributed by atoms with Gasteiger partial charge in [0, 0.05) is 12.1 Å². The molecule has 0 aliphatic carbocycles. The molecule has 0 bridgehead atoms. The van der Waals surface area contributed by atoms with E-state index in [-0.39, 0.29) is 6.04 Å². The van der Waals surface area contributed by atoms with E-state index in [2.05, 4.69) is 23.3 Å². The van der Waals surface area contributed by atoms with Crippen molar-refractivity contribution in [3.05, 3.63) is 42.5 Å². The number of ether oxygens (including phenoxy) is 1. The van der Waals surface area contributed by atoms with Crippen LogP contribution in [0.4, 0.5) is 0 Å². The summed E-state index contributed by atoms with van der Waals surface area (Å²) >= 11 is 5.16. The molecule has 0 saturated carbocycles. The molecule has 0 aromatic heterocycles. The number of fused-ring (bicyclic) bond motifs is 1. The van der Waals surface area contributed by atoms with E-state index < -0.39 is 0 Å². The molecule has 0 saturated heterocycles. The highest BCUT2D eigenvalue weighted by Gasteiger charge is 2.23. The fourth-order valence-corrected chi connectivity index (χ4v) is 1.88. The SMILES string of the molecule is C=CCNC(=S)N[C@H]1COc2ccccc21. The molecule has 84 valence electrons. The van der Waals surface area contributed by atoms with Crippen LogP contribution in [0.2, 0.25) is 0 Å². The van der Waals surface area contributed by atoms with Gasteiger partial charge >= 0.3 is 0 Å². The predicted molar refractivity (Wildman–Crippen MR) is 68.6 cm³/mol. The minimum Gasteiger partial charge on any atom is -0.491 e. The fourth-order valence-electron chi connectivity index (χ4n) is 1.66. The van der Waals surface area contributed by atoms with E-state index >= 15 is 0 Å². The molecule has 1 aromatic rings. The number of para-hydroxylation sites is 1. The normalized spacial score (nSPS) is 17.1. The van der Waals surface area contributed by atoms with Gasteiger partial charge in [0.2, 0.25) is 0 Å². The van der Waals surface area contributed by atoms with Crippen molar-refractivity contribution >= 4 is 17.3 Å². The van der Waals surface area contributed by atoms with Crippen LogP contribution in [-0.4, -0.2) is 18.3 Å². The van der Waals surface area contributed by atoms with Crippen molar-refractivity contribution in [2.75, 3.05) is 13.2 Å². The van der Waals surface area contributed by atoms with E-state index in [1.807, 2.05) is 18.2 Å². The second kappa shape index (κ2) is 4.99. The summed E-state index contributed by atoms with van der Waals surface area (Å²) in [4.78, 5) is 0. The van der Waals surface area contributed by atoms with Crippen LogP contribution in [0.3, 0.4) is 0 Å². The molecule has 3 nitrogen and oxygen atoms in total. The number of hydrogen-bond acceptors (Lipinski definition) is 2. The van der Waals surface area contributed by atoms with Crippen molar-refractivity contribution in [3.8, 4) is 5.75 Å². The van der Waals surface area contributed by atoms with Crippen LogP contribution >= 0.6 is 12.2 Å². The number of rotatable bonds is 3. The van der Waals surface area contributed by atoms with E-state index in [1.54, 1.807) is 6.08 Å². The zero-order valence-electron chi connectivity index (χ0n) is 8.90. The number of benzene rings is 1. The molecule has 0 spiro atoms. The maximum atomic E-state index is 5.55. The lowest BCUT2D eigenvalue weighted by Gasteiger charge is -2.14. The minimum atomic E-state index is 0.140. The molecular formula is C12H14N2OS. The molecule has 0 unspecified atom stereocenters. The van der Waals surface area contributed by atoms with Gasteiger partial charge in [-0.2, -0.15) is 0 Å². The summed E-state index contributed by atoms with van der Waals surface area (Å²) in [5.41, 5.74) is 1.16. The molecule has 1 aliphatic rings. The first-order chi connectivity index (χ1) is 7.81. The summed E-state index contributed by atoms with van der Waals surface area (Å²) in [5, 5.41) is 6.88. The van der Waals surface area contributed by atoms with Gasteiger partial charge in [0.1, 0.15) is 12.4 Å². The highest BCUT2D eigenvalue weighted by molar-refractivity contribution is 7.80. The summed E-state index contributed by atoms with van der Waals surface area (Å²) in [6, 6.07) is 8.13. The highest BCUT2D eigenvalue weighted by Crippen LogP contribution is 2.31. The Bertz CT molecular complexity index is 406. The molecule has 4 heteroatoms. The zero-order chi connectivity index (χ0) is 11.4. The van der Waals surface area contributed by atoms with Gasteiger partial charge in [0.05, 0.1) is 6.04 Å². The third-order valence-corrected chi connectivity index (χ3v) is 2.67. The van der Waals surface area contributed by atoms with Crippen molar-refractivity contribution in [2.24, 2.45) is 0 Å². The summed E-state index contributed by atoms with van der Waals surface area (Å²) in [6.45, 7) is 4.91. The topological polar surface area (TPSA) is 33.3 Å². The Morgan fingerprint density at radius 1 is 1.56 bits per heavy atom. The van der Waals surface area contributed by atoms with Crippen LogP contribution in [0.15, 0.2) is 36.9 Å². The molecule has 16 heavy (non-hydrogen) atoms. The summed E-state index contributed by atoms with van der Waals surface area (Å²) < 4.78 is 5.55. The van der Waals surface area contributed by atoms with Crippen LogP contribution < -0.4 is 15.4 Å². The fraction of sp³-hybridized carbons (Fsp3) is 0.250. The largest absolute Gasteiger partial charge is 0.491 e. The van der Waals surface area contributed by atoms with E-state index in [1.165, 1.54) is 0 Å². The van der Waals surface area contributed by atoms with Crippen molar-refractivity contribution < 1.29 is 4.74 Å². The molecule has 1 atom stereocenters. The quantitative estimate of drug-likeness (QED) is 0.617. The van der Waals surface area contributed by atoms with Gasteiger partial charge in [-0.05, 0) is 18.3 Å². The Hall–Kier alpha value is -1.55. The van der Waals surface area contributed by atoms with Gasteiger partial charge in [-0.1, -0.05) is 24.3 Å². The Balaban J connectivity index is 1.98. The predicted octanol–water partition coefficient (Wildman–Crippen LogP) is 1.77. The lowest BCUT2D eigenvalue weighted by atomic mass is 10.1. The Kier molecular flexibility index (Phi) is 3.41. The van der Waals surface area contributed by atoms with Gasteiger partial charge in [0.25, 0.3) is 0 Å². The third-order valence-electron chi connectivity index (χ3n) is 2.41. The van der Waals surface area contributed by atoms with Crippen LogP contribution in [0.5, 0.6) is 5.75 Å². The van der Waals surface area contributed by atoms with Crippen molar-refractivity contribution in [2.45, 2.75) is 6.04 Å². The molecule has 0 radical (unpaired) electrons. The lowest BCUT2D eigenvalue weighted by molar-refractivity contribution is 0.324. The van der Waals surface area contributed by atoms with Crippen LogP contribution in [-0.2, 0) is 0 Å². The van der Waals surface area contributed by atoms with E-state index in [0.717, 1.165) is 11.3 Å². The van der Waals surface area contributed by atoms with E-state index in [9.17, 15) is 0 Å². The number of thiocarbonyl (C=S) groups is 1. The maximum Gasteiger partial charge on any atom is 0.167 e. The van der Waals surface area contributed by atoms with Crippen LogP contribution in [0, 0.1) is 0 Å². The van der Waals surface area contributed by atoms with Crippen molar-refractivity contribution in [1.29, 1.82) is 0 Å². The zero-order valence-corrected chi connectivity index (χ0v) is 9.72. The van der Waals surface area contributed by atoms with Gasteiger partial charge in [-0.25, -0.2) is 0 Å². The summed E-state index contributed by atoms with van der Waals surface area (Å²) in [6.07, 6.45) is 1.77. The van der Waals surface area contributed by atoms with E-state index in [0.29, 0.717) is 18.3 Å². The molecule has 0 amide bonds. The van der Waals surface area contributed by atoms with Gasteiger partial charge in [0.15, 0.2) is 5.11 Å². The van der Waals surface area contributed by atoms with E-state index in [4.69, 9.17) is 17.0 Å². The Morgan fingerprint density at radius 3 is 3.19 bits per heavy atom. The Morgan fingerprint density at radius 2 is 2.38 bits per heavy atom. The summed E-state index contributed by atoms with van der Waals surface area (Å²) in [7, 11) is 0. The van der Waals surface area contributed by atoms with Crippen LogP contribution in [0.25, 0.3) is 0 Å². The first-order valence-electron chi connectivity index (χ1n) is 5.18. The molecule has 1 aromatic carbocycles. The molecule has 2 rings (SSSR count). The Labute approximate surface area is 100 Å². The minimum absolute atomic E-state index is 0.140. The highest BCUT2D eigenvalue weighted by atomic mass is 32.1.